The van der Waals surface area contributed by atoms with Crippen LogP contribution < -0.4 is 14.9 Å². The summed E-state index contributed by atoms with van der Waals surface area (Å²) in [6.07, 6.45) is 6.60. The van der Waals surface area contributed by atoms with E-state index in [9.17, 15) is 9.59 Å². The molecule has 2 aliphatic rings. The molecule has 5 rings (SSSR count). The Balaban J connectivity index is 1.47. The molecular weight excluding hydrogens is 600 g/mol. The highest BCUT2D eigenvalue weighted by Crippen LogP contribution is 2.32. The summed E-state index contributed by atoms with van der Waals surface area (Å²) < 4.78 is 14.4. The third-order valence-electron chi connectivity index (χ3n) is 6.48. The van der Waals surface area contributed by atoms with Gasteiger partial charge in [0.05, 0.1) is 28.5 Å². The first-order chi connectivity index (χ1) is 18.9. The standard InChI is InChI=1S/C30H26BrClN2O4S/c1-3-37-29(36)26-18(2)33-30-34(27(26)21-10-12-22(32)13-11-21)28(35)25(39-30)16-20-9-14-24(23(31)15-20)38-17-19-7-5-4-6-8-19/h4-14,16,20,27H,3,15,17H2,1-2H3/b25-16-/t20-,27+/m1/s1. The van der Waals surface area contributed by atoms with Crippen LogP contribution >= 0.6 is 38.9 Å². The van der Waals surface area contributed by atoms with Crippen LogP contribution in [0.4, 0.5) is 0 Å². The second-order valence-corrected chi connectivity index (χ2v) is 11.5. The normalized spacial score (nSPS) is 19.1. The van der Waals surface area contributed by atoms with Gasteiger partial charge >= 0.3 is 5.97 Å². The van der Waals surface area contributed by atoms with Gasteiger partial charge in [0, 0.05) is 15.4 Å². The van der Waals surface area contributed by atoms with Crippen molar-refractivity contribution in [1.82, 2.24) is 4.57 Å². The predicted octanol–water partition coefficient (Wildman–Crippen LogP) is 5.80. The summed E-state index contributed by atoms with van der Waals surface area (Å²) in [4.78, 5) is 32.0. The molecule has 0 unspecified atom stereocenters. The number of halogens is 2. The summed E-state index contributed by atoms with van der Waals surface area (Å²) in [5.41, 5.74) is 2.53. The van der Waals surface area contributed by atoms with E-state index >= 15 is 0 Å². The molecule has 0 N–H and O–H groups in total. The van der Waals surface area contributed by atoms with Crippen molar-refractivity contribution in [1.29, 1.82) is 0 Å². The summed E-state index contributed by atoms with van der Waals surface area (Å²) in [6, 6.07) is 16.5. The molecule has 0 spiro atoms. The first-order valence-corrected chi connectivity index (χ1v) is 14.5. The number of carbonyl (C=O) groups excluding carboxylic acids is 1. The smallest absolute Gasteiger partial charge is 0.338 e. The fourth-order valence-electron chi connectivity index (χ4n) is 4.61. The number of nitrogens with zero attached hydrogens (tertiary/aromatic N) is 2. The molecule has 0 fully saturated rings. The number of thiazole rings is 1. The lowest BCUT2D eigenvalue weighted by molar-refractivity contribution is -0.139. The first kappa shape index (κ1) is 27.4. The zero-order valence-electron chi connectivity index (χ0n) is 21.4. The van der Waals surface area contributed by atoms with Crippen molar-refractivity contribution in [3.8, 4) is 0 Å². The van der Waals surface area contributed by atoms with Crippen molar-refractivity contribution in [3.05, 3.63) is 124 Å². The Labute approximate surface area is 243 Å². The summed E-state index contributed by atoms with van der Waals surface area (Å²) in [5.74, 6) is 0.284. The van der Waals surface area contributed by atoms with Gasteiger partial charge in [0.15, 0.2) is 4.80 Å². The Kier molecular flexibility index (Phi) is 8.35. The number of fused-ring (bicyclic) bond motifs is 1. The number of ether oxygens (including phenoxy) is 2. The minimum Gasteiger partial charge on any atom is -0.488 e. The molecule has 2 heterocycles. The maximum Gasteiger partial charge on any atom is 0.338 e. The summed E-state index contributed by atoms with van der Waals surface area (Å²) in [6.45, 7) is 4.23. The molecule has 0 saturated carbocycles. The first-order valence-electron chi connectivity index (χ1n) is 12.5. The van der Waals surface area contributed by atoms with Gasteiger partial charge in [0.25, 0.3) is 5.56 Å². The number of rotatable bonds is 7. The number of allylic oxidation sites excluding steroid dienone is 4. The molecule has 2 atom stereocenters. The molecule has 200 valence electrons. The lowest BCUT2D eigenvalue weighted by atomic mass is 9.96. The second-order valence-electron chi connectivity index (χ2n) is 9.15. The van der Waals surface area contributed by atoms with Gasteiger partial charge in [-0.1, -0.05) is 93.5 Å². The number of esters is 1. The minimum atomic E-state index is -0.661. The van der Waals surface area contributed by atoms with Crippen LogP contribution in [0.25, 0.3) is 6.08 Å². The maximum atomic E-state index is 13.8. The van der Waals surface area contributed by atoms with Crippen molar-refractivity contribution in [2.45, 2.75) is 32.9 Å². The fourth-order valence-corrected chi connectivity index (χ4v) is 6.45. The van der Waals surface area contributed by atoms with Gasteiger partial charge in [-0.2, -0.15) is 0 Å². The quantitative estimate of drug-likeness (QED) is 0.311. The molecule has 0 bridgehead atoms. The van der Waals surface area contributed by atoms with Gasteiger partial charge in [-0.25, -0.2) is 9.79 Å². The van der Waals surface area contributed by atoms with E-state index < -0.39 is 12.0 Å². The summed E-state index contributed by atoms with van der Waals surface area (Å²) in [7, 11) is 0. The van der Waals surface area contributed by atoms with Gasteiger partial charge in [-0.05, 0) is 49.6 Å². The van der Waals surface area contributed by atoms with E-state index in [1.54, 1.807) is 30.5 Å². The number of aromatic nitrogens is 1. The van der Waals surface area contributed by atoms with Gasteiger partial charge < -0.3 is 9.47 Å². The molecule has 9 heteroatoms. The monoisotopic (exact) mass is 624 g/mol. The third-order valence-corrected chi connectivity index (χ3v) is 8.45. The van der Waals surface area contributed by atoms with E-state index in [2.05, 4.69) is 20.9 Å². The Hall–Kier alpha value is -3.20. The average molecular weight is 626 g/mol. The highest BCUT2D eigenvalue weighted by atomic mass is 79.9. The van der Waals surface area contributed by atoms with Crippen LogP contribution in [0.2, 0.25) is 5.02 Å². The SMILES string of the molecule is CCOC(=O)C1=C(C)N=c2s/c(=C\[C@@H]3C=CC(OCc4ccccc4)=C(Br)C3)c(=O)n2[C@H]1c1ccc(Cl)cc1. The van der Waals surface area contributed by atoms with Gasteiger partial charge in [-0.3, -0.25) is 9.36 Å². The number of carbonyl (C=O) groups is 1. The van der Waals surface area contributed by atoms with E-state index in [1.807, 2.05) is 60.7 Å². The van der Waals surface area contributed by atoms with E-state index in [0.29, 0.717) is 38.7 Å². The molecule has 39 heavy (non-hydrogen) atoms. The second kappa shape index (κ2) is 11.9. The average Bonchev–Trinajstić information content (AvgIpc) is 3.22. The zero-order chi connectivity index (χ0) is 27.5. The van der Waals surface area contributed by atoms with Crippen molar-refractivity contribution in [2.24, 2.45) is 10.9 Å². The molecule has 0 radical (unpaired) electrons. The lowest BCUT2D eigenvalue weighted by Gasteiger charge is -2.24. The Morgan fingerprint density at radius 3 is 2.64 bits per heavy atom. The zero-order valence-corrected chi connectivity index (χ0v) is 24.6. The highest BCUT2D eigenvalue weighted by Gasteiger charge is 2.33. The van der Waals surface area contributed by atoms with E-state index in [4.69, 9.17) is 21.1 Å². The van der Waals surface area contributed by atoms with Crippen LogP contribution in [0.3, 0.4) is 0 Å². The van der Waals surface area contributed by atoms with Crippen LogP contribution in [-0.4, -0.2) is 17.1 Å². The van der Waals surface area contributed by atoms with Crippen molar-refractivity contribution >= 4 is 50.9 Å². The van der Waals surface area contributed by atoms with Crippen LogP contribution in [0.1, 0.15) is 37.4 Å². The van der Waals surface area contributed by atoms with Crippen molar-refractivity contribution < 1.29 is 14.3 Å². The maximum absolute atomic E-state index is 13.8. The molecule has 2 aromatic carbocycles. The minimum absolute atomic E-state index is 0.00980. The molecule has 1 aromatic heterocycles. The van der Waals surface area contributed by atoms with E-state index in [1.165, 1.54) is 11.3 Å². The van der Waals surface area contributed by atoms with Gasteiger partial charge in [0.2, 0.25) is 0 Å². The van der Waals surface area contributed by atoms with E-state index in [0.717, 1.165) is 21.4 Å². The Morgan fingerprint density at radius 1 is 1.21 bits per heavy atom. The van der Waals surface area contributed by atoms with Crippen LogP contribution in [0, 0.1) is 5.92 Å². The predicted molar refractivity (Wildman–Crippen MR) is 157 cm³/mol. The fraction of sp³-hybridized carbons (Fsp3) is 0.233. The molecule has 0 saturated heterocycles. The van der Waals surface area contributed by atoms with Crippen LogP contribution in [-0.2, 0) is 20.9 Å². The number of benzene rings is 2. The number of hydrogen-bond acceptors (Lipinski definition) is 6. The lowest BCUT2D eigenvalue weighted by Crippen LogP contribution is -2.40. The Bertz CT molecular complexity index is 1670. The third kappa shape index (κ3) is 5.88. The largest absolute Gasteiger partial charge is 0.488 e. The van der Waals surface area contributed by atoms with Crippen molar-refractivity contribution in [2.75, 3.05) is 6.61 Å². The van der Waals surface area contributed by atoms with Crippen LogP contribution in [0.15, 0.2) is 98.0 Å². The molecule has 0 amide bonds. The molecular formula is C30H26BrClN2O4S. The molecule has 6 nitrogen and oxygen atoms in total. The Morgan fingerprint density at radius 2 is 1.95 bits per heavy atom. The van der Waals surface area contributed by atoms with Crippen LogP contribution in [0.5, 0.6) is 0 Å². The molecule has 3 aromatic rings. The number of hydrogen-bond donors (Lipinski definition) is 0. The molecule has 1 aliphatic carbocycles. The highest BCUT2D eigenvalue weighted by molar-refractivity contribution is 9.11. The topological polar surface area (TPSA) is 69.9 Å². The summed E-state index contributed by atoms with van der Waals surface area (Å²) >= 11 is 11.1. The van der Waals surface area contributed by atoms with Crippen molar-refractivity contribution in [3.63, 3.8) is 0 Å². The molecule has 1 aliphatic heterocycles. The van der Waals surface area contributed by atoms with Gasteiger partial charge in [-0.15, -0.1) is 0 Å². The van der Waals surface area contributed by atoms with Gasteiger partial charge in [0.1, 0.15) is 12.4 Å². The summed E-state index contributed by atoms with van der Waals surface area (Å²) in [5, 5.41) is 0.569. The van der Waals surface area contributed by atoms with E-state index in [-0.39, 0.29) is 18.1 Å².